The molecule has 0 saturated heterocycles. The van der Waals surface area contributed by atoms with Gasteiger partial charge in [0.25, 0.3) is 0 Å². The Morgan fingerprint density at radius 2 is 1.37 bits per heavy atom. The molecule has 236 valence electrons. The summed E-state index contributed by atoms with van der Waals surface area (Å²) < 4.78 is 42.8. The third-order valence-corrected chi connectivity index (χ3v) is 9.81. The third kappa shape index (κ3) is 11.6. The van der Waals surface area contributed by atoms with E-state index in [4.69, 9.17) is 9.47 Å². The minimum absolute atomic E-state index is 0.209. The zero-order valence-electron chi connectivity index (χ0n) is 26.9. The molecule has 1 aromatic heterocycles. The lowest BCUT2D eigenvalue weighted by atomic mass is 10.1. The lowest BCUT2D eigenvalue weighted by molar-refractivity contribution is -0.680. The summed E-state index contributed by atoms with van der Waals surface area (Å²) in [4.78, 5) is 0.283. The second-order valence-electron chi connectivity index (χ2n) is 11.6. The van der Waals surface area contributed by atoms with Crippen LogP contribution in [0.3, 0.4) is 0 Å². The highest BCUT2D eigenvalue weighted by atomic mass is 32.2. The molecule has 2 aromatic carbocycles. The number of sulfonamides is 1. The van der Waals surface area contributed by atoms with Gasteiger partial charge in [-0.15, -0.1) is 0 Å². The molecule has 6 nitrogen and oxygen atoms in total. The quantitative estimate of drug-likeness (QED) is 0.0901. The van der Waals surface area contributed by atoms with Gasteiger partial charge in [-0.25, -0.2) is 13.0 Å². The van der Waals surface area contributed by atoms with E-state index in [0.717, 1.165) is 23.2 Å². The van der Waals surface area contributed by atoms with E-state index in [0.29, 0.717) is 18.1 Å². The first-order chi connectivity index (χ1) is 20.8. The fraction of sp³-hybridized carbons (Fsp3) is 0.528. The Morgan fingerprint density at radius 3 is 1.98 bits per heavy atom. The zero-order chi connectivity index (χ0) is 30.9. The monoisotopic (exact) mass is 609 g/mol. The molecule has 7 heteroatoms. The highest BCUT2D eigenvalue weighted by molar-refractivity contribution is 7.89. The molecule has 3 aromatic rings. The van der Waals surface area contributed by atoms with Gasteiger partial charge in [-0.3, -0.25) is 0 Å². The predicted molar refractivity (Wildman–Crippen MR) is 175 cm³/mol. The molecule has 0 fully saturated rings. The van der Waals surface area contributed by atoms with E-state index in [9.17, 15) is 8.42 Å². The normalized spacial score (nSPS) is 11.7. The topological polar surface area (TPSA) is 59.7 Å². The van der Waals surface area contributed by atoms with E-state index in [1.54, 1.807) is 19.2 Å². The number of hydrogen-bond donors (Lipinski definition) is 0. The Morgan fingerprint density at radius 1 is 0.744 bits per heavy atom. The van der Waals surface area contributed by atoms with Crippen LogP contribution < -0.4 is 14.0 Å². The van der Waals surface area contributed by atoms with Crippen molar-refractivity contribution < 1.29 is 22.5 Å². The maximum absolute atomic E-state index is 13.8. The van der Waals surface area contributed by atoms with Crippen LogP contribution in [0.5, 0.6) is 11.5 Å². The van der Waals surface area contributed by atoms with Crippen molar-refractivity contribution >= 4 is 10.0 Å². The maximum atomic E-state index is 13.8. The molecule has 0 unspecified atom stereocenters. The average Bonchev–Trinajstić information content (AvgIpc) is 3.00. The van der Waals surface area contributed by atoms with E-state index in [-0.39, 0.29) is 18.0 Å². The summed E-state index contributed by atoms with van der Waals surface area (Å²) in [6, 6.07) is 18.5. The summed E-state index contributed by atoms with van der Waals surface area (Å²) in [5.41, 5.74) is 2.75. The van der Waals surface area contributed by atoms with Gasteiger partial charge >= 0.3 is 0 Å². The van der Waals surface area contributed by atoms with Crippen LogP contribution in [0.4, 0.5) is 0 Å². The van der Waals surface area contributed by atoms with Crippen molar-refractivity contribution in [2.24, 2.45) is 7.05 Å². The fourth-order valence-electron chi connectivity index (χ4n) is 5.25. The zero-order valence-corrected chi connectivity index (χ0v) is 27.7. The molecule has 0 N–H and O–H groups in total. The second kappa shape index (κ2) is 18.7. The van der Waals surface area contributed by atoms with Gasteiger partial charge in [-0.2, -0.15) is 4.31 Å². The van der Waals surface area contributed by atoms with E-state index in [1.807, 2.05) is 73.3 Å². The third-order valence-electron chi connectivity index (χ3n) is 8.00. The molecule has 43 heavy (non-hydrogen) atoms. The number of pyridine rings is 1. The van der Waals surface area contributed by atoms with Crippen molar-refractivity contribution in [3.05, 3.63) is 83.7 Å². The number of unbranched alkanes of at least 4 members (excludes halogenated alkanes) is 11. The van der Waals surface area contributed by atoms with Crippen LogP contribution in [0, 0.1) is 6.92 Å². The molecule has 0 radical (unpaired) electrons. The van der Waals surface area contributed by atoms with Gasteiger partial charge < -0.3 is 9.47 Å². The lowest BCUT2D eigenvalue weighted by Crippen LogP contribution is -2.39. The van der Waals surface area contributed by atoms with E-state index < -0.39 is 10.0 Å². The first kappa shape index (κ1) is 34.6. The van der Waals surface area contributed by atoms with Crippen LogP contribution >= 0.6 is 0 Å². The molecular formula is C36H53N2O4S+. The van der Waals surface area contributed by atoms with E-state index >= 15 is 0 Å². The number of hydrogen-bond acceptors (Lipinski definition) is 4. The molecule has 0 aliphatic heterocycles. The Hall–Kier alpha value is -2.90. The van der Waals surface area contributed by atoms with Gasteiger partial charge in [0, 0.05) is 18.7 Å². The average molecular weight is 610 g/mol. The van der Waals surface area contributed by atoms with E-state index in [1.165, 1.54) is 74.9 Å². The minimum Gasteiger partial charge on any atom is -0.493 e. The van der Waals surface area contributed by atoms with Gasteiger partial charge in [0.2, 0.25) is 10.0 Å². The van der Waals surface area contributed by atoms with Crippen molar-refractivity contribution in [3.8, 4) is 11.5 Å². The highest BCUT2D eigenvalue weighted by Crippen LogP contribution is 2.30. The number of nitrogens with zero attached hydrogens (tertiary/aromatic N) is 2. The summed E-state index contributed by atoms with van der Waals surface area (Å²) in [5, 5.41) is 0. The summed E-state index contributed by atoms with van der Waals surface area (Å²) in [6.45, 7) is 5.31. The Kier molecular flexibility index (Phi) is 15.0. The van der Waals surface area contributed by atoms with Gasteiger partial charge in [0.15, 0.2) is 23.4 Å². The molecular weight excluding hydrogens is 556 g/mol. The molecule has 0 spiro atoms. The molecule has 0 bridgehead atoms. The number of benzene rings is 2. The van der Waals surface area contributed by atoms with Crippen molar-refractivity contribution in [2.75, 3.05) is 13.7 Å². The van der Waals surface area contributed by atoms with Crippen molar-refractivity contribution in [2.45, 2.75) is 109 Å². The Labute approximate surface area is 261 Å². The summed E-state index contributed by atoms with van der Waals surface area (Å²) in [7, 11) is -0.195. The molecule has 0 atom stereocenters. The molecule has 3 rings (SSSR count). The lowest BCUT2D eigenvalue weighted by Gasteiger charge is -2.22. The Bertz CT molecular complexity index is 1330. The molecule has 0 saturated carbocycles. The van der Waals surface area contributed by atoms with Crippen LogP contribution in [0.15, 0.2) is 71.8 Å². The van der Waals surface area contributed by atoms with Crippen LogP contribution in [-0.4, -0.2) is 26.4 Å². The first-order valence-corrected chi connectivity index (χ1v) is 17.6. The summed E-state index contributed by atoms with van der Waals surface area (Å²) in [5.74, 6) is 1.31. The highest BCUT2D eigenvalue weighted by Gasteiger charge is 2.27. The minimum atomic E-state index is -3.75. The first-order valence-electron chi connectivity index (χ1n) is 16.1. The number of ether oxygens (including phenoxy) is 2. The largest absolute Gasteiger partial charge is 0.493 e. The number of rotatable bonds is 21. The standard InChI is InChI=1S/C36H53N2O4S/c1-5-6-7-8-9-10-11-12-13-14-15-18-27-42-35-25-22-32(28-36(35)41-4)29-38(30-33-19-16-17-26-37(33)3)43(39,40)34-23-20-31(2)21-24-34/h16-17,19-26,28H,5-15,18,27,29-30H2,1-4H3/q+1. The SMILES string of the molecule is CCCCCCCCCCCCCCOc1ccc(CN(Cc2cccc[n+]2C)S(=O)(=O)c2ccc(C)cc2)cc1OC. The molecule has 0 aliphatic carbocycles. The number of aromatic nitrogens is 1. The molecule has 1 heterocycles. The van der Waals surface area contributed by atoms with Crippen molar-refractivity contribution in [1.29, 1.82) is 0 Å². The number of methoxy groups -OCH3 is 1. The van der Waals surface area contributed by atoms with Crippen LogP contribution in [0.1, 0.15) is 101 Å². The van der Waals surface area contributed by atoms with Gasteiger partial charge in [0.05, 0.1) is 25.2 Å². The van der Waals surface area contributed by atoms with Crippen LogP contribution in [0.2, 0.25) is 0 Å². The summed E-state index contributed by atoms with van der Waals surface area (Å²) in [6.07, 6.45) is 17.6. The van der Waals surface area contributed by atoms with Gasteiger partial charge in [0.1, 0.15) is 7.05 Å². The van der Waals surface area contributed by atoms with Crippen LogP contribution in [-0.2, 0) is 30.2 Å². The summed E-state index contributed by atoms with van der Waals surface area (Å²) >= 11 is 0. The predicted octanol–water partition coefficient (Wildman–Crippen LogP) is 8.30. The smallest absolute Gasteiger partial charge is 0.243 e. The maximum Gasteiger partial charge on any atom is 0.243 e. The fourth-order valence-corrected chi connectivity index (χ4v) is 6.65. The van der Waals surface area contributed by atoms with Gasteiger partial charge in [-0.05, 0) is 43.2 Å². The second-order valence-corrected chi connectivity index (χ2v) is 13.5. The number of aryl methyl sites for hydroxylation is 2. The van der Waals surface area contributed by atoms with Gasteiger partial charge in [-0.1, -0.05) is 107 Å². The van der Waals surface area contributed by atoms with Crippen molar-refractivity contribution in [3.63, 3.8) is 0 Å². The Balaban J connectivity index is 1.55. The van der Waals surface area contributed by atoms with Crippen LogP contribution in [0.25, 0.3) is 0 Å². The molecule has 0 amide bonds. The van der Waals surface area contributed by atoms with E-state index in [2.05, 4.69) is 6.92 Å². The molecule has 0 aliphatic rings. The van der Waals surface area contributed by atoms with Crippen molar-refractivity contribution in [1.82, 2.24) is 4.31 Å².